The molecule has 2 heteroatoms. The summed E-state index contributed by atoms with van der Waals surface area (Å²) in [6.45, 7) is 0. The van der Waals surface area contributed by atoms with E-state index < -0.39 is 0 Å². The van der Waals surface area contributed by atoms with E-state index in [-0.39, 0.29) is 0 Å². The monoisotopic (exact) mass is 152 g/mol. The Hall–Kier alpha value is -0.970. The lowest BCUT2D eigenvalue weighted by molar-refractivity contribution is -0.120. The molecule has 2 nitrogen and oxygen atoms in total. The predicted molar refractivity (Wildman–Crippen MR) is 41.3 cm³/mol. The Bertz CT molecular complexity index is 187. The van der Waals surface area contributed by atoms with Crippen LogP contribution in [-0.4, -0.2) is 10.9 Å². The number of hydrogen-bond acceptors (Lipinski definition) is 2. The molecule has 1 fully saturated rings. The van der Waals surface area contributed by atoms with E-state index in [0.717, 1.165) is 19.3 Å². The number of carbonyl (C=O) groups excluding carboxylic acids is 1. The maximum Gasteiger partial charge on any atom is 0.132 e. The van der Waals surface area contributed by atoms with Crippen molar-refractivity contribution in [2.75, 3.05) is 0 Å². The largest absolute Gasteiger partial charge is 0.462 e. The Labute approximate surface area is 66.6 Å². The van der Waals surface area contributed by atoms with Gasteiger partial charge in [0.25, 0.3) is 0 Å². The Kier molecular flexibility index (Phi) is 2.97. The van der Waals surface area contributed by atoms with Gasteiger partial charge in [-0.2, -0.15) is 0 Å². The molecule has 0 aliphatic heterocycles. The van der Waals surface area contributed by atoms with Crippen LogP contribution in [0, 0.1) is 17.9 Å². The average Bonchev–Trinajstić information content (AvgIpc) is 2.04. The summed E-state index contributed by atoms with van der Waals surface area (Å²) >= 11 is 0. The molecule has 11 heavy (non-hydrogen) atoms. The van der Waals surface area contributed by atoms with Gasteiger partial charge in [-0.3, -0.25) is 4.79 Å². The second-order valence-corrected chi connectivity index (χ2v) is 2.97. The second-order valence-electron chi connectivity index (χ2n) is 2.97. The summed E-state index contributed by atoms with van der Waals surface area (Å²) in [5, 5.41) is 8.22. The van der Waals surface area contributed by atoms with Crippen molar-refractivity contribution < 1.29 is 9.90 Å². The van der Waals surface area contributed by atoms with Crippen LogP contribution in [0.1, 0.15) is 32.1 Å². The zero-order valence-corrected chi connectivity index (χ0v) is 6.47. The zero-order chi connectivity index (χ0) is 8.10. The molecule has 1 saturated carbocycles. The van der Waals surface area contributed by atoms with Crippen LogP contribution in [0.3, 0.4) is 0 Å². The van der Waals surface area contributed by atoms with Gasteiger partial charge in [0, 0.05) is 19.3 Å². The van der Waals surface area contributed by atoms with Crippen molar-refractivity contribution in [2.45, 2.75) is 32.1 Å². The van der Waals surface area contributed by atoms with Crippen LogP contribution >= 0.6 is 0 Å². The first kappa shape index (κ1) is 8.13. The van der Waals surface area contributed by atoms with Crippen LogP contribution in [0.5, 0.6) is 0 Å². The summed E-state index contributed by atoms with van der Waals surface area (Å²) in [5.41, 5.74) is 0. The Balaban J connectivity index is 2.26. The molecule has 0 aromatic carbocycles. The number of Topliss-reactive ketones (excluding diaryl/α,β-unsaturated/α-hetero) is 1. The smallest absolute Gasteiger partial charge is 0.132 e. The number of rotatable bonds is 1. The molecule has 60 valence electrons. The lowest BCUT2D eigenvalue weighted by Gasteiger charge is -2.17. The first-order valence-electron chi connectivity index (χ1n) is 3.96. The number of aliphatic hydroxyl groups is 1. The number of aliphatic hydroxyl groups excluding tert-OH is 1. The van der Waals surface area contributed by atoms with E-state index in [9.17, 15) is 4.79 Å². The van der Waals surface area contributed by atoms with E-state index in [1.807, 2.05) is 6.11 Å². The lowest BCUT2D eigenvalue weighted by Crippen LogP contribution is -2.13. The van der Waals surface area contributed by atoms with E-state index in [4.69, 9.17) is 5.11 Å². The van der Waals surface area contributed by atoms with Gasteiger partial charge >= 0.3 is 0 Å². The fraction of sp³-hybridized carbons (Fsp3) is 0.667. The van der Waals surface area contributed by atoms with Gasteiger partial charge in [0.05, 0.1) is 0 Å². The van der Waals surface area contributed by atoms with Crippen LogP contribution in [0.15, 0.2) is 0 Å². The van der Waals surface area contributed by atoms with E-state index in [2.05, 4.69) is 5.92 Å². The summed E-state index contributed by atoms with van der Waals surface area (Å²) in [6.07, 6.45) is 5.95. The van der Waals surface area contributed by atoms with E-state index in [1.54, 1.807) is 0 Å². The van der Waals surface area contributed by atoms with Gasteiger partial charge in [-0.15, -0.1) is 0 Å². The van der Waals surface area contributed by atoms with Crippen molar-refractivity contribution in [2.24, 2.45) is 5.92 Å². The standard InChI is InChI=1S/C9H12O2/c10-7-1-2-8-3-5-9(11)6-4-8/h8,10H,2-6H2. The minimum absolute atomic E-state index is 0.373. The molecule has 0 unspecified atom stereocenters. The molecule has 1 aliphatic rings. The molecule has 0 heterocycles. The quantitative estimate of drug-likeness (QED) is 0.578. The van der Waals surface area contributed by atoms with Crippen molar-refractivity contribution in [3.8, 4) is 12.0 Å². The van der Waals surface area contributed by atoms with Crippen molar-refractivity contribution in [1.82, 2.24) is 0 Å². The fourth-order valence-electron chi connectivity index (χ4n) is 1.39. The highest BCUT2D eigenvalue weighted by Gasteiger charge is 2.17. The molecular formula is C9H12O2. The maximum absolute atomic E-state index is 10.8. The SMILES string of the molecule is O=C1CCC(CC#CO)CC1. The van der Waals surface area contributed by atoms with Crippen molar-refractivity contribution in [3.05, 3.63) is 0 Å². The van der Waals surface area contributed by atoms with E-state index in [0.29, 0.717) is 24.5 Å². The summed E-state index contributed by atoms with van der Waals surface area (Å²) in [7, 11) is 0. The van der Waals surface area contributed by atoms with Crippen molar-refractivity contribution >= 4 is 5.78 Å². The second kappa shape index (κ2) is 4.02. The van der Waals surface area contributed by atoms with Crippen molar-refractivity contribution in [1.29, 1.82) is 0 Å². The average molecular weight is 152 g/mol. The predicted octanol–water partition coefficient (Wildman–Crippen LogP) is 1.47. The number of ketones is 1. The highest BCUT2D eigenvalue weighted by molar-refractivity contribution is 5.79. The van der Waals surface area contributed by atoms with Crippen molar-refractivity contribution in [3.63, 3.8) is 0 Å². The molecule has 0 radical (unpaired) electrons. The maximum atomic E-state index is 10.8. The summed E-state index contributed by atoms with van der Waals surface area (Å²) in [5.74, 6) is 3.53. The van der Waals surface area contributed by atoms with E-state index in [1.165, 1.54) is 0 Å². The number of carbonyl (C=O) groups is 1. The molecule has 1 N–H and O–H groups in total. The first-order valence-corrected chi connectivity index (χ1v) is 3.96. The van der Waals surface area contributed by atoms with Crippen LogP contribution in [0.2, 0.25) is 0 Å². The van der Waals surface area contributed by atoms with Gasteiger partial charge in [0.15, 0.2) is 0 Å². The molecule has 0 bridgehead atoms. The Morgan fingerprint density at radius 1 is 1.45 bits per heavy atom. The Morgan fingerprint density at radius 3 is 2.64 bits per heavy atom. The normalized spacial score (nSPS) is 19.1. The topological polar surface area (TPSA) is 37.3 Å². The van der Waals surface area contributed by atoms with Crippen LogP contribution < -0.4 is 0 Å². The first-order chi connectivity index (χ1) is 5.33. The molecule has 1 rings (SSSR count). The van der Waals surface area contributed by atoms with Gasteiger partial charge < -0.3 is 5.11 Å². The van der Waals surface area contributed by atoms with Gasteiger partial charge in [-0.25, -0.2) is 0 Å². The van der Waals surface area contributed by atoms with Crippen LogP contribution in [0.4, 0.5) is 0 Å². The third-order valence-corrected chi connectivity index (χ3v) is 2.13. The summed E-state index contributed by atoms with van der Waals surface area (Å²) in [6, 6.07) is 0. The fourth-order valence-corrected chi connectivity index (χ4v) is 1.39. The van der Waals surface area contributed by atoms with E-state index >= 15 is 0 Å². The minimum atomic E-state index is 0.373. The molecular weight excluding hydrogens is 140 g/mol. The van der Waals surface area contributed by atoms with Crippen LogP contribution in [-0.2, 0) is 4.79 Å². The lowest BCUT2D eigenvalue weighted by atomic mass is 9.86. The minimum Gasteiger partial charge on any atom is -0.462 e. The van der Waals surface area contributed by atoms with Gasteiger partial charge in [-0.1, -0.05) is 5.92 Å². The highest BCUT2D eigenvalue weighted by atomic mass is 16.2. The third kappa shape index (κ3) is 2.63. The molecule has 0 atom stereocenters. The molecule has 0 amide bonds. The molecule has 0 saturated heterocycles. The molecule has 0 spiro atoms. The molecule has 1 aliphatic carbocycles. The van der Waals surface area contributed by atoms with Gasteiger partial charge in [-0.05, 0) is 18.8 Å². The Morgan fingerprint density at radius 2 is 2.09 bits per heavy atom. The van der Waals surface area contributed by atoms with Gasteiger partial charge in [0.2, 0.25) is 0 Å². The zero-order valence-electron chi connectivity index (χ0n) is 6.47. The third-order valence-electron chi connectivity index (χ3n) is 2.13. The number of hydrogen-bond donors (Lipinski definition) is 1. The summed E-state index contributed by atoms with van der Waals surface area (Å²) in [4.78, 5) is 10.8. The van der Waals surface area contributed by atoms with Gasteiger partial charge in [0.1, 0.15) is 11.9 Å². The molecule has 0 aromatic heterocycles. The molecule has 0 aromatic rings. The summed E-state index contributed by atoms with van der Waals surface area (Å²) < 4.78 is 0. The van der Waals surface area contributed by atoms with Crippen LogP contribution in [0.25, 0.3) is 0 Å². The highest BCUT2D eigenvalue weighted by Crippen LogP contribution is 2.23.